The molecular formula is C18H21ClN2O3S. The van der Waals surface area contributed by atoms with Gasteiger partial charge in [-0.2, -0.15) is 0 Å². The SMILES string of the molecule is Cl.NC(CNC(=O)c1ccc(-c2ccc3c(c2)OCCO3)s1)C1CC1. The first-order valence-electron chi connectivity index (χ1n) is 8.24. The smallest absolute Gasteiger partial charge is 0.261 e. The number of carbonyl (C=O) groups excluding carboxylic acids is 1. The summed E-state index contributed by atoms with van der Waals surface area (Å²) in [5.74, 6) is 2.06. The van der Waals surface area contributed by atoms with Crippen molar-refractivity contribution in [3.05, 3.63) is 35.2 Å². The molecule has 134 valence electrons. The van der Waals surface area contributed by atoms with Crippen molar-refractivity contribution in [3.63, 3.8) is 0 Å². The van der Waals surface area contributed by atoms with Gasteiger partial charge in [0.2, 0.25) is 0 Å². The molecule has 2 aromatic rings. The van der Waals surface area contributed by atoms with E-state index in [1.165, 1.54) is 24.2 Å². The molecule has 1 aliphatic heterocycles. The fraction of sp³-hybridized carbons (Fsp3) is 0.389. The summed E-state index contributed by atoms with van der Waals surface area (Å²) in [5, 5.41) is 2.94. The highest BCUT2D eigenvalue weighted by molar-refractivity contribution is 7.17. The zero-order valence-electron chi connectivity index (χ0n) is 13.7. The number of nitrogens with one attached hydrogen (secondary N) is 1. The van der Waals surface area contributed by atoms with Gasteiger partial charge in [-0.25, -0.2) is 0 Å². The lowest BCUT2D eigenvalue weighted by atomic mass is 10.1. The number of ether oxygens (including phenoxy) is 2. The van der Waals surface area contributed by atoms with Crippen LogP contribution in [0.2, 0.25) is 0 Å². The summed E-state index contributed by atoms with van der Waals surface area (Å²) in [4.78, 5) is 14.0. The van der Waals surface area contributed by atoms with Gasteiger partial charge >= 0.3 is 0 Å². The van der Waals surface area contributed by atoms with Crippen molar-refractivity contribution in [2.45, 2.75) is 18.9 Å². The lowest BCUT2D eigenvalue weighted by molar-refractivity contribution is 0.0954. The Balaban J connectivity index is 0.00000182. The molecule has 1 aromatic carbocycles. The van der Waals surface area contributed by atoms with Crippen molar-refractivity contribution in [2.75, 3.05) is 19.8 Å². The van der Waals surface area contributed by atoms with E-state index in [0.717, 1.165) is 21.9 Å². The number of thiophene rings is 1. The number of amides is 1. The Kier molecular flexibility index (Phi) is 5.51. The first-order chi connectivity index (χ1) is 11.7. The molecule has 1 atom stereocenters. The maximum absolute atomic E-state index is 12.3. The molecule has 2 heterocycles. The molecule has 1 aliphatic carbocycles. The Hall–Kier alpha value is -1.76. The van der Waals surface area contributed by atoms with E-state index in [0.29, 0.717) is 30.6 Å². The zero-order chi connectivity index (χ0) is 16.5. The molecule has 0 saturated heterocycles. The molecule has 1 saturated carbocycles. The fourth-order valence-electron chi connectivity index (χ4n) is 2.80. The first kappa shape index (κ1) is 18.0. The standard InChI is InChI=1S/C18H20N2O3S.ClH/c19-13(11-1-2-11)10-20-18(21)17-6-5-16(24-17)12-3-4-14-15(9-12)23-8-7-22-14;/h3-6,9,11,13H,1-2,7-8,10,19H2,(H,20,21);1H. The first-order valence-corrected chi connectivity index (χ1v) is 9.06. The van der Waals surface area contributed by atoms with Gasteiger partial charge in [-0.05, 0) is 54.7 Å². The molecule has 1 fully saturated rings. The second-order valence-electron chi connectivity index (χ2n) is 6.23. The number of nitrogens with two attached hydrogens (primary N) is 1. The van der Waals surface area contributed by atoms with Crippen molar-refractivity contribution in [2.24, 2.45) is 11.7 Å². The number of fused-ring (bicyclic) bond motifs is 1. The molecule has 25 heavy (non-hydrogen) atoms. The lowest BCUT2D eigenvalue weighted by Gasteiger charge is -2.18. The Morgan fingerprint density at radius 2 is 1.96 bits per heavy atom. The van der Waals surface area contributed by atoms with Gasteiger partial charge < -0.3 is 20.5 Å². The van der Waals surface area contributed by atoms with Gasteiger partial charge in [0.15, 0.2) is 11.5 Å². The fourth-order valence-corrected chi connectivity index (χ4v) is 3.72. The number of benzene rings is 1. The van der Waals surface area contributed by atoms with Crippen molar-refractivity contribution < 1.29 is 14.3 Å². The molecule has 0 radical (unpaired) electrons. The summed E-state index contributed by atoms with van der Waals surface area (Å²) < 4.78 is 11.2. The summed E-state index contributed by atoms with van der Waals surface area (Å²) in [7, 11) is 0. The predicted octanol–water partition coefficient (Wildman–Crippen LogP) is 3.08. The maximum atomic E-state index is 12.3. The molecule has 3 N–H and O–H groups in total. The van der Waals surface area contributed by atoms with Crippen molar-refractivity contribution in [1.82, 2.24) is 5.32 Å². The highest BCUT2D eigenvalue weighted by Crippen LogP contribution is 2.37. The Bertz CT molecular complexity index is 761. The number of hydrogen-bond donors (Lipinski definition) is 2. The summed E-state index contributed by atoms with van der Waals surface area (Å²) in [6.07, 6.45) is 2.37. The van der Waals surface area contributed by atoms with Crippen LogP contribution in [0.15, 0.2) is 30.3 Å². The molecule has 1 aromatic heterocycles. The van der Waals surface area contributed by atoms with Crippen LogP contribution in [-0.2, 0) is 0 Å². The quantitative estimate of drug-likeness (QED) is 0.836. The summed E-state index contributed by atoms with van der Waals surface area (Å²) in [6.45, 7) is 1.69. The van der Waals surface area contributed by atoms with Gasteiger partial charge in [0, 0.05) is 17.5 Å². The molecule has 4 rings (SSSR count). The van der Waals surface area contributed by atoms with E-state index in [-0.39, 0.29) is 24.4 Å². The van der Waals surface area contributed by atoms with Crippen LogP contribution in [0.3, 0.4) is 0 Å². The molecule has 0 spiro atoms. The topological polar surface area (TPSA) is 73.6 Å². The van der Waals surface area contributed by atoms with Crippen molar-refractivity contribution in [1.29, 1.82) is 0 Å². The highest BCUT2D eigenvalue weighted by Gasteiger charge is 2.28. The van der Waals surface area contributed by atoms with E-state index in [9.17, 15) is 4.79 Å². The van der Waals surface area contributed by atoms with Gasteiger partial charge in [0.1, 0.15) is 13.2 Å². The van der Waals surface area contributed by atoms with Gasteiger partial charge in [-0.1, -0.05) is 0 Å². The van der Waals surface area contributed by atoms with Crippen LogP contribution >= 0.6 is 23.7 Å². The van der Waals surface area contributed by atoms with Crippen LogP contribution in [0.5, 0.6) is 11.5 Å². The Morgan fingerprint density at radius 1 is 1.20 bits per heavy atom. The van der Waals surface area contributed by atoms with Crippen LogP contribution in [0, 0.1) is 5.92 Å². The normalized spacial score (nSPS) is 16.7. The second kappa shape index (κ2) is 7.64. The average molecular weight is 381 g/mol. The summed E-state index contributed by atoms with van der Waals surface area (Å²) in [5.41, 5.74) is 7.06. The molecule has 1 amide bonds. The van der Waals surface area contributed by atoms with Gasteiger partial charge in [-0.15, -0.1) is 23.7 Å². The minimum absolute atomic E-state index is 0. The predicted molar refractivity (Wildman–Crippen MR) is 101 cm³/mol. The van der Waals surface area contributed by atoms with Crippen LogP contribution < -0.4 is 20.5 Å². The van der Waals surface area contributed by atoms with Crippen LogP contribution in [0.25, 0.3) is 10.4 Å². The average Bonchev–Trinajstić information content (AvgIpc) is 3.35. The molecule has 2 aliphatic rings. The third kappa shape index (κ3) is 4.08. The molecule has 1 unspecified atom stereocenters. The van der Waals surface area contributed by atoms with Crippen LogP contribution in [0.4, 0.5) is 0 Å². The molecule has 0 bridgehead atoms. The zero-order valence-corrected chi connectivity index (χ0v) is 15.3. The van der Waals surface area contributed by atoms with Crippen LogP contribution in [0.1, 0.15) is 22.5 Å². The maximum Gasteiger partial charge on any atom is 0.261 e. The van der Waals surface area contributed by atoms with Crippen molar-refractivity contribution in [3.8, 4) is 21.9 Å². The van der Waals surface area contributed by atoms with E-state index in [4.69, 9.17) is 15.2 Å². The van der Waals surface area contributed by atoms with Crippen LogP contribution in [-0.4, -0.2) is 31.7 Å². The Labute approximate surface area is 156 Å². The minimum atomic E-state index is -0.0557. The van der Waals surface area contributed by atoms with Gasteiger partial charge in [-0.3, -0.25) is 4.79 Å². The van der Waals surface area contributed by atoms with Crippen molar-refractivity contribution >= 4 is 29.7 Å². The number of carbonyl (C=O) groups is 1. The summed E-state index contributed by atoms with van der Waals surface area (Å²) in [6, 6.07) is 9.76. The monoisotopic (exact) mass is 380 g/mol. The molecule has 5 nitrogen and oxygen atoms in total. The third-order valence-corrected chi connectivity index (χ3v) is 5.52. The lowest BCUT2D eigenvalue weighted by Crippen LogP contribution is -2.38. The number of hydrogen-bond acceptors (Lipinski definition) is 5. The number of rotatable bonds is 5. The van der Waals surface area contributed by atoms with E-state index in [1.807, 2.05) is 30.3 Å². The second-order valence-corrected chi connectivity index (χ2v) is 7.32. The Morgan fingerprint density at radius 3 is 2.72 bits per heavy atom. The highest BCUT2D eigenvalue weighted by atomic mass is 35.5. The van der Waals surface area contributed by atoms with E-state index in [2.05, 4.69) is 5.32 Å². The third-order valence-electron chi connectivity index (χ3n) is 4.38. The van der Waals surface area contributed by atoms with E-state index < -0.39 is 0 Å². The van der Waals surface area contributed by atoms with Gasteiger partial charge in [0.05, 0.1) is 4.88 Å². The minimum Gasteiger partial charge on any atom is -0.486 e. The van der Waals surface area contributed by atoms with Gasteiger partial charge in [0.25, 0.3) is 5.91 Å². The summed E-state index contributed by atoms with van der Waals surface area (Å²) >= 11 is 1.47. The van der Waals surface area contributed by atoms with E-state index >= 15 is 0 Å². The molecule has 7 heteroatoms. The largest absolute Gasteiger partial charge is 0.486 e. The number of halogens is 1. The molecular weight excluding hydrogens is 360 g/mol. The van der Waals surface area contributed by atoms with E-state index in [1.54, 1.807) is 0 Å².